The molecule has 0 aromatic carbocycles. The highest BCUT2D eigenvalue weighted by molar-refractivity contribution is 5.88. The summed E-state index contributed by atoms with van der Waals surface area (Å²) in [6.07, 6.45) is 1.42. The van der Waals surface area contributed by atoms with Crippen LogP contribution in [-0.2, 0) is 4.79 Å². The Bertz CT molecular complexity index is 420. The molecule has 2 N–H and O–H groups in total. The summed E-state index contributed by atoms with van der Waals surface area (Å²) >= 11 is 0. The van der Waals surface area contributed by atoms with Crippen molar-refractivity contribution in [3.05, 3.63) is 23.9 Å². The van der Waals surface area contributed by atoms with Gasteiger partial charge in [-0.3, -0.25) is 4.79 Å². The fourth-order valence-electron chi connectivity index (χ4n) is 1.33. The molecule has 1 aromatic heterocycles. The molecule has 0 spiro atoms. The summed E-state index contributed by atoms with van der Waals surface area (Å²) < 4.78 is 0. The van der Waals surface area contributed by atoms with Gasteiger partial charge < -0.3 is 15.3 Å². The predicted molar refractivity (Wildman–Crippen MR) is 63.2 cm³/mol. The Morgan fingerprint density at radius 2 is 2.24 bits per heavy atom. The van der Waals surface area contributed by atoms with Gasteiger partial charge in [-0.2, -0.15) is 0 Å². The molecule has 0 atom stereocenters. The standard InChI is InChI=1S/C11H15N3O3/c1-3-14(7-10(15)12-2)9-6-8(11(16)17)4-5-13-9/h4-6H,3,7H2,1-2H3,(H,12,15)(H,16,17). The van der Waals surface area contributed by atoms with E-state index in [0.29, 0.717) is 12.4 Å². The van der Waals surface area contributed by atoms with E-state index >= 15 is 0 Å². The number of aromatic carboxylic acids is 1. The first kappa shape index (κ1) is 13.0. The summed E-state index contributed by atoms with van der Waals surface area (Å²) in [7, 11) is 1.55. The Hall–Kier alpha value is -2.11. The first-order chi connectivity index (χ1) is 8.08. The molecule has 0 aliphatic heterocycles. The van der Waals surface area contributed by atoms with Crippen molar-refractivity contribution in [3.8, 4) is 0 Å². The van der Waals surface area contributed by atoms with Crippen molar-refractivity contribution in [2.24, 2.45) is 0 Å². The van der Waals surface area contributed by atoms with Crippen molar-refractivity contribution in [1.29, 1.82) is 0 Å². The SMILES string of the molecule is CCN(CC(=O)NC)c1cc(C(=O)O)ccn1. The van der Waals surface area contributed by atoms with E-state index in [1.165, 1.54) is 18.3 Å². The summed E-state index contributed by atoms with van der Waals surface area (Å²) in [4.78, 5) is 27.9. The molecule has 6 nitrogen and oxygen atoms in total. The topological polar surface area (TPSA) is 82.5 Å². The lowest BCUT2D eigenvalue weighted by molar-refractivity contribution is -0.119. The van der Waals surface area contributed by atoms with Gasteiger partial charge in [0.1, 0.15) is 5.82 Å². The molecule has 6 heteroatoms. The molecule has 0 aliphatic rings. The van der Waals surface area contributed by atoms with E-state index in [2.05, 4.69) is 10.3 Å². The quantitative estimate of drug-likeness (QED) is 0.772. The van der Waals surface area contributed by atoms with Gasteiger partial charge in [0, 0.05) is 19.8 Å². The van der Waals surface area contributed by atoms with Gasteiger partial charge in [0.15, 0.2) is 0 Å². The first-order valence-electron chi connectivity index (χ1n) is 5.23. The Morgan fingerprint density at radius 3 is 2.76 bits per heavy atom. The highest BCUT2D eigenvalue weighted by Gasteiger charge is 2.12. The van der Waals surface area contributed by atoms with E-state index in [0.717, 1.165) is 0 Å². The zero-order chi connectivity index (χ0) is 12.8. The van der Waals surface area contributed by atoms with Crippen LogP contribution < -0.4 is 10.2 Å². The third kappa shape index (κ3) is 3.44. The Kier molecular flexibility index (Phi) is 4.45. The van der Waals surface area contributed by atoms with Crippen molar-refractivity contribution in [2.45, 2.75) is 6.92 Å². The third-order valence-corrected chi connectivity index (χ3v) is 2.31. The molecule has 0 saturated heterocycles. The second-order valence-corrected chi connectivity index (χ2v) is 3.40. The average molecular weight is 237 g/mol. The molecule has 1 aromatic rings. The normalized spacial score (nSPS) is 9.76. The number of nitrogens with one attached hydrogen (secondary N) is 1. The number of carboxylic acids is 1. The maximum absolute atomic E-state index is 11.3. The molecule has 0 aliphatic carbocycles. The fourth-order valence-corrected chi connectivity index (χ4v) is 1.33. The number of amides is 1. The van der Waals surface area contributed by atoms with Gasteiger partial charge in [-0.05, 0) is 19.1 Å². The zero-order valence-electron chi connectivity index (χ0n) is 9.80. The highest BCUT2D eigenvalue weighted by Crippen LogP contribution is 2.12. The molecule has 0 saturated carbocycles. The van der Waals surface area contributed by atoms with E-state index in [9.17, 15) is 9.59 Å². The Labute approximate surface area is 99.3 Å². The first-order valence-corrected chi connectivity index (χ1v) is 5.23. The van der Waals surface area contributed by atoms with Gasteiger partial charge in [-0.1, -0.05) is 0 Å². The van der Waals surface area contributed by atoms with Gasteiger partial charge in [0.2, 0.25) is 5.91 Å². The van der Waals surface area contributed by atoms with Crippen molar-refractivity contribution < 1.29 is 14.7 Å². The largest absolute Gasteiger partial charge is 0.478 e. The van der Waals surface area contributed by atoms with Gasteiger partial charge in [-0.25, -0.2) is 9.78 Å². The average Bonchev–Trinajstić information content (AvgIpc) is 2.35. The maximum Gasteiger partial charge on any atom is 0.335 e. The molecule has 0 fully saturated rings. The molecule has 0 bridgehead atoms. The number of carbonyl (C=O) groups is 2. The second kappa shape index (κ2) is 5.83. The lowest BCUT2D eigenvalue weighted by atomic mass is 10.2. The Balaban J connectivity index is 2.91. The third-order valence-electron chi connectivity index (χ3n) is 2.31. The van der Waals surface area contributed by atoms with Gasteiger partial charge >= 0.3 is 5.97 Å². The molecular weight excluding hydrogens is 222 g/mol. The summed E-state index contributed by atoms with van der Waals surface area (Å²) in [6, 6.07) is 2.87. The number of hydrogen-bond donors (Lipinski definition) is 2. The minimum atomic E-state index is -1.01. The number of aromatic nitrogens is 1. The molecule has 0 radical (unpaired) electrons. The smallest absolute Gasteiger partial charge is 0.335 e. The van der Waals surface area contributed by atoms with E-state index in [1.807, 2.05) is 6.92 Å². The molecular formula is C11H15N3O3. The lowest BCUT2D eigenvalue weighted by Crippen LogP contribution is -2.36. The number of hydrogen-bond acceptors (Lipinski definition) is 4. The number of anilines is 1. The summed E-state index contributed by atoms with van der Waals surface area (Å²) in [6.45, 7) is 2.60. The molecule has 92 valence electrons. The number of nitrogens with zero attached hydrogens (tertiary/aromatic N) is 2. The van der Waals surface area contributed by atoms with E-state index in [4.69, 9.17) is 5.11 Å². The predicted octanol–water partition coefficient (Wildman–Crippen LogP) is 0.352. The summed E-state index contributed by atoms with van der Waals surface area (Å²) in [5, 5.41) is 11.4. The number of carbonyl (C=O) groups excluding carboxylic acids is 1. The van der Waals surface area contributed by atoms with Crippen molar-refractivity contribution >= 4 is 17.7 Å². The van der Waals surface area contributed by atoms with Gasteiger partial charge in [0.05, 0.1) is 12.1 Å². The van der Waals surface area contributed by atoms with E-state index in [-0.39, 0.29) is 18.0 Å². The van der Waals surface area contributed by atoms with Crippen LogP contribution in [0.5, 0.6) is 0 Å². The van der Waals surface area contributed by atoms with Gasteiger partial charge in [-0.15, -0.1) is 0 Å². The Morgan fingerprint density at radius 1 is 1.53 bits per heavy atom. The summed E-state index contributed by atoms with van der Waals surface area (Å²) in [5.74, 6) is -0.671. The lowest BCUT2D eigenvalue weighted by Gasteiger charge is -2.20. The number of likely N-dealkylation sites (N-methyl/N-ethyl adjacent to an activating group) is 2. The highest BCUT2D eigenvalue weighted by atomic mass is 16.4. The summed E-state index contributed by atoms with van der Waals surface area (Å²) in [5.41, 5.74) is 0.158. The van der Waals surface area contributed by atoms with Crippen LogP contribution in [0.4, 0.5) is 5.82 Å². The van der Waals surface area contributed by atoms with E-state index in [1.54, 1.807) is 11.9 Å². The van der Waals surface area contributed by atoms with Crippen LogP contribution in [0.2, 0.25) is 0 Å². The number of carboxylic acid groups (broad SMARTS) is 1. The molecule has 1 amide bonds. The monoisotopic (exact) mass is 237 g/mol. The minimum Gasteiger partial charge on any atom is -0.478 e. The molecule has 1 rings (SSSR count). The zero-order valence-corrected chi connectivity index (χ0v) is 9.80. The van der Waals surface area contributed by atoms with Crippen molar-refractivity contribution in [3.63, 3.8) is 0 Å². The molecule has 0 unspecified atom stereocenters. The van der Waals surface area contributed by atoms with Crippen molar-refractivity contribution in [1.82, 2.24) is 10.3 Å². The molecule has 17 heavy (non-hydrogen) atoms. The van der Waals surface area contributed by atoms with Crippen LogP contribution in [0.3, 0.4) is 0 Å². The maximum atomic E-state index is 11.3. The van der Waals surface area contributed by atoms with Crippen LogP contribution in [0.25, 0.3) is 0 Å². The van der Waals surface area contributed by atoms with Crippen LogP contribution in [-0.4, -0.2) is 42.1 Å². The molecule has 1 heterocycles. The minimum absolute atomic E-state index is 0.144. The van der Waals surface area contributed by atoms with Crippen LogP contribution in [0.15, 0.2) is 18.3 Å². The second-order valence-electron chi connectivity index (χ2n) is 3.40. The van der Waals surface area contributed by atoms with Crippen molar-refractivity contribution in [2.75, 3.05) is 25.0 Å². The fraction of sp³-hybridized carbons (Fsp3) is 0.364. The van der Waals surface area contributed by atoms with E-state index < -0.39 is 5.97 Å². The number of rotatable bonds is 5. The van der Waals surface area contributed by atoms with Crippen LogP contribution >= 0.6 is 0 Å². The number of pyridine rings is 1. The van der Waals surface area contributed by atoms with Gasteiger partial charge in [0.25, 0.3) is 0 Å². The van der Waals surface area contributed by atoms with Crippen LogP contribution in [0.1, 0.15) is 17.3 Å². The van der Waals surface area contributed by atoms with Crippen LogP contribution in [0, 0.1) is 0 Å².